The number of nitrogens with one attached hydrogen (secondary N) is 1. The second-order valence-corrected chi connectivity index (χ2v) is 3.52. The van der Waals surface area contributed by atoms with E-state index in [1.54, 1.807) is 0 Å². The SMILES string of the molecule is NNc1cc(Br)c(Cl)cc1C(=O)O. The fourth-order valence-corrected chi connectivity index (χ4v) is 1.35. The molecule has 0 radical (unpaired) electrons. The number of aromatic carboxylic acids is 1. The molecule has 6 heteroatoms. The molecule has 0 atom stereocenters. The van der Waals surface area contributed by atoms with Crippen LogP contribution in [0.1, 0.15) is 10.4 Å². The Bertz CT molecular complexity index is 357. The first-order chi connectivity index (χ1) is 6.06. The van der Waals surface area contributed by atoms with Crippen molar-refractivity contribution in [1.82, 2.24) is 0 Å². The van der Waals surface area contributed by atoms with E-state index in [1.165, 1.54) is 12.1 Å². The number of carbonyl (C=O) groups is 1. The first-order valence-electron chi connectivity index (χ1n) is 3.25. The molecular weight excluding hydrogens is 259 g/mol. The number of nitrogen functional groups attached to an aromatic ring is 1. The third-order valence-corrected chi connectivity index (χ3v) is 2.64. The Morgan fingerprint density at radius 2 is 2.23 bits per heavy atom. The highest BCUT2D eigenvalue weighted by atomic mass is 79.9. The average Bonchev–Trinajstić information content (AvgIpc) is 2.08. The molecule has 1 aromatic rings. The van der Waals surface area contributed by atoms with Crippen molar-refractivity contribution < 1.29 is 9.90 Å². The molecule has 0 aliphatic carbocycles. The zero-order valence-electron chi connectivity index (χ0n) is 6.34. The third-order valence-electron chi connectivity index (χ3n) is 1.45. The smallest absolute Gasteiger partial charge is 0.337 e. The van der Waals surface area contributed by atoms with Crippen LogP contribution in [0.4, 0.5) is 5.69 Å². The minimum Gasteiger partial charge on any atom is -0.478 e. The maximum absolute atomic E-state index is 10.7. The van der Waals surface area contributed by atoms with Gasteiger partial charge in [-0.15, -0.1) is 0 Å². The number of nitrogens with two attached hydrogens (primary N) is 1. The Morgan fingerprint density at radius 1 is 1.62 bits per heavy atom. The molecule has 1 aromatic carbocycles. The van der Waals surface area contributed by atoms with E-state index >= 15 is 0 Å². The van der Waals surface area contributed by atoms with Crippen LogP contribution in [0.15, 0.2) is 16.6 Å². The van der Waals surface area contributed by atoms with Gasteiger partial charge >= 0.3 is 5.97 Å². The molecular formula is C7H6BrClN2O2. The molecule has 0 amide bonds. The van der Waals surface area contributed by atoms with E-state index in [0.717, 1.165) is 0 Å². The fraction of sp³-hybridized carbons (Fsp3) is 0. The number of hydrazine groups is 1. The van der Waals surface area contributed by atoms with Gasteiger partial charge in [-0.2, -0.15) is 0 Å². The van der Waals surface area contributed by atoms with Crippen LogP contribution in [0.25, 0.3) is 0 Å². The monoisotopic (exact) mass is 264 g/mol. The van der Waals surface area contributed by atoms with E-state index in [0.29, 0.717) is 15.2 Å². The van der Waals surface area contributed by atoms with E-state index in [4.69, 9.17) is 22.6 Å². The number of hydrogen-bond donors (Lipinski definition) is 3. The van der Waals surface area contributed by atoms with E-state index < -0.39 is 5.97 Å². The van der Waals surface area contributed by atoms with Crippen molar-refractivity contribution in [3.8, 4) is 0 Å². The fourth-order valence-electron chi connectivity index (χ4n) is 0.843. The summed E-state index contributed by atoms with van der Waals surface area (Å²) in [6.45, 7) is 0. The minimum absolute atomic E-state index is 0.0377. The summed E-state index contributed by atoms with van der Waals surface area (Å²) in [5.41, 5.74) is 2.62. The van der Waals surface area contributed by atoms with Crippen LogP contribution in [0.3, 0.4) is 0 Å². The summed E-state index contributed by atoms with van der Waals surface area (Å²) in [7, 11) is 0. The lowest BCUT2D eigenvalue weighted by molar-refractivity contribution is 0.0698. The Kier molecular flexibility index (Phi) is 3.13. The lowest BCUT2D eigenvalue weighted by Gasteiger charge is -2.06. The lowest BCUT2D eigenvalue weighted by atomic mass is 10.2. The summed E-state index contributed by atoms with van der Waals surface area (Å²) in [5.74, 6) is 4.05. The van der Waals surface area contributed by atoms with Crippen molar-refractivity contribution >= 4 is 39.2 Å². The first kappa shape index (κ1) is 10.3. The summed E-state index contributed by atoms with van der Waals surface area (Å²) in [4.78, 5) is 10.7. The van der Waals surface area contributed by atoms with Crippen molar-refractivity contribution in [2.75, 3.05) is 5.43 Å². The van der Waals surface area contributed by atoms with Gasteiger partial charge in [-0.1, -0.05) is 11.6 Å². The molecule has 0 spiro atoms. The van der Waals surface area contributed by atoms with Crippen molar-refractivity contribution in [3.63, 3.8) is 0 Å². The Labute approximate surface area is 87.8 Å². The van der Waals surface area contributed by atoms with Crippen LogP contribution < -0.4 is 11.3 Å². The number of anilines is 1. The summed E-state index contributed by atoms with van der Waals surface area (Å²) < 4.78 is 0.590. The van der Waals surface area contributed by atoms with Gasteiger partial charge in [0.1, 0.15) is 0 Å². The molecule has 13 heavy (non-hydrogen) atoms. The molecule has 4 N–H and O–H groups in total. The predicted molar refractivity (Wildman–Crippen MR) is 53.9 cm³/mol. The molecule has 0 saturated carbocycles. The molecule has 0 aliphatic rings. The largest absolute Gasteiger partial charge is 0.478 e. The minimum atomic E-state index is -1.08. The topological polar surface area (TPSA) is 75.3 Å². The van der Waals surface area contributed by atoms with Crippen LogP contribution in [-0.4, -0.2) is 11.1 Å². The van der Waals surface area contributed by atoms with Gasteiger partial charge in [0, 0.05) is 4.47 Å². The van der Waals surface area contributed by atoms with Crippen LogP contribution in [-0.2, 0) is 0 Å². The van der Waals surface area contributed by atoms with Gasteiger partial charge < -0.3 is 10.5 Å². The number of benzene rings is 1. The van der Waals surface area contributed by atoms with E-state index in [9.17, 15) is 4.79 Å². The van der Waals surface area contributed by atoms with Gasteiger partial charge in [0.05, 0.1) is 16.3 Å². The van der Waals surface area contributed by atoms with Crippen LogP contribution >= 0.6 is 27.5 Å². The Balaban J connectivity index is 3.33. The van der Waals surface area contributed by atoms with E-state index in [2.05, 4.69) is 21.4 Å². The van der Waals surface area contributed by atoms with Crippen molar-refractivity contribution in [2.45, 2.75) is 0 Å². The highest BCUT2D eigenvalue weighted by molar-refractivity contribution is 9.10. The van der Waals surface area contributed by atoms with Crippen LogP contribution in [0, 0.1) is 0 Å². The normalized spacial score (nSPS) is 9.77. The summed E-state index contributed by atoms with van der Waals surface area (Å²) >= 11 is 8.86. The maximum Gasteiger partial charge on any atom is 0.337 e. The third kappa shape index (κ3) is 2.12. The quantitative estimate of drug-likeness (QED) is 0.565. The zero-order valence-corrected chi connectivity index (χ0v) is 8.69. The van der Waals surface area contributed by atoms with Gasteiger partial charge in [-0.3, -0.25) is 5.84 Å². The number of halogens is 2. The molecule has 0 bridgehead atoms. The number of hydrogen-bond acceptors (Lipinski definition) is 3. The molecule has 1 rings (SSSR count). The highest BCUT2D eigenvalue weighted by Gasteiger charge is 2.11. The van der Waals surface area contributed by atoms with Gasteiger partial charge in [0.2, 0.25) is 0 Å². The molecule has 0 heterocycles. The summed E-state index contributed by atoms with van der Waals surface area (Å²) in [6.07, 6.45) is 0. The standard InChI is InChI=1S/C7H6BrClN2O2/c8-4-2-6(11-10)3(7(12)13)1-5(4)9/h1-2,11H,10H2,(H,12,13). The molecule has 0 saturated heterocycles. The van der Waals surface area contributed by atoms with E-state index in [-0.39, 0.29) is 5.56 Å². The van der Waals surface area contributed by atoms with Gasteiger partial charge in [0.15, 0.2) is 0 Å². The average molecular weight is 265 g/mol. The molecule has 4 nitrogen and oxygen atoms in total. The van der Waals surface area contributed by atoms with Gasteiger partial charge in [-0.05, 0) is 28.1 Å². The van der Waals surface area contributed by atoms with Gasteiger partial charge in [0.25, 0.3) is 0 Å². The predicted octanol–water partition coefficient (Wildman–Crippen LogP) is 2.09. The molecule has 0 aromatic heterocycles. The first-order valence-corrected chi connectivity index (χ1v) is 4.42. The Morgan fingerprint density at radius 3 is 2.69 bits per heavy atom. The van der Waals surface area contributed by atoms with Crippen molar-refractivity contribution in [1.29, 1.82) is 0 Å². The van der Waals surface area contributed by atoms with Crippen molar-refractivity contribution in [3.05, 3.63) is 27.2 Å². The molecule has 0 aliphatic heterocycles. The second-order valence-electron chi connectivity index (χ2n) is 2.26. The van der Waals surface area contributed by atoms with Crippen molar-refractivity contribution in [2.24, 2.45) is 5.84 Å². The van der Waals surface area contributed by atoms with Crippen LogP contribution in [0.2, 0.25) is 5.02 Å². The van der Waals surface area contributed by atoms with Crippen LogP contribution in [0.5, 0.6) is 0 Å². The number of carboxylic acids is 1. The Hall–Kier alpha value is -0.780. The summed E-state index contributed by atoms with van der Waals surface area (Å²) in [6, 6.07) is 2.83. The highest BCUT2D eigenvalue weighted by Crippen LogP contribution is 2.28. The summed E-state index contributed by atoms with van der Waals surface area (Å²) in [5, 5.41) is 9.07. The number of carboxylic acid groups (broad SMARTS) is 1. The van der Waals surface area contributed by atoms with E-state index in [1.807, 2.05) is 0 Å². The lowest BCUT2D eigenvalue weighted by Crippen LogP contribution is -2.11. The van der Waals surface area contributed by atoms with Gasteiger partial charge in [-0.25, -0.2) is 4.79 Å². The maximum atomic E-state index is 10.7. The molecule has 0 fully saturated rings. The second kappa shape index (κ2) is 3.95. The molecule has 70 valence electrons. The number of rotatable bonds is 2. The molecule has 0 unspecified atom stereocenters. The zero-order chi connectivity index (χ0) is 10.0.